The Balaban J connectivity index is 1.91. The Kier molecular flexibility index (Phi) is 4.41. The van der Waals surface area contributed by atoms with E-state index in [1.807, 2.05) is 0 Å². The van der Waals surface area contributed by atoms with Crippen LogP contribution in [0.25, 0.3) is 0 Å². The Morgan fingerprint density at radius 3 is 2.70 bits per heavy atom. The van der Waals surface area contributed by atoms with Crippen LogP contribution in [0.3, 0.4) is 0 Å². The number of aliphatic carboxylic acids is 2. The lowest BCUT2D eigenvalue weighted by atomic mass is 10.1. The molecule has 0 saturated heterocycles. The first-order chi connectivity index (χ1) is 9.56. The number of nitrogens with one attached hydrogen (secondary N) is 1. The van der Waals surface area contributed by atoms with Crippen molar-refractivity contribution in [2.45, 2.75) is 25.4 Å². The second-order valence-corrected chi connectivity index (χ2v) is 4.39. The number of carboxylic acids is 2. The van der Waals surface area contributed by atoms with Crippen LogP contribution in [-0.2, 0) is 16.1 Å². The Morgan fingerprint density at radius 1 is 1.25 bits per heavy atom. The van der Waals surface area contributed by atoms with Crippen molar-refractivity contribution < 1.29 is 29.3 Å². The van der Waals surface area contributed by atoms with Gasteiger partial charge >= 0.3 is 11.9 Å². The van der Waals surface area contributed by atoms with E-state index in [0.29, 0.717) is 18.0 Å². The van der Waals surface area contributed by atoms with Crippen molar-refractivity contribution >= 4 is 11.9 Å². The summed E-state index contributed by atoms with van der Waals surface area (Å²) in [6.07, 6.45) is -0.152. The Bertz CT molecular complexity index is 516. The van der Waals surface area contributed by atoms with Crippen LogP contribution in [0, 0.1) is 0 Å². The predicted molar refractivity (Wildman–Crippen MR) is 67.7 cm³/mol. The molecule has 1 aliphatic heterocycles. The van der Waals surface area contributed by atoms with Gasteiger partial charge in [0, 0.05) is 13.0 Å². The van der Waals surface area contributed by atoms with Gasteiger partial charge in [0.25, 0.3) is 0 Å². The second kappa shape index (κ2) is 6.25. The highest BCUT2D eigenvalue weighted by Gasteiger charge is 2.19. The average Bonchev–Trinajstić information content (AvgIpc) is 2.85. The van der Waals surface area contributed by atoms with Gasteiger partial charge in [-0.1, -0.05) is 6.07 Å². The molecule has 0 amide bonds. The third kappa shape index (κ3) is 3.61. The van der Waals surface area contributed by atoms with Gasteiger partial charge in [0.15, 0.2) is 11.5 Å². The third-order valence-corrected chi connectivity index (χ3v) is 2.93. The molecule has 7 heteroatoms. The molecule has 0 spiro atoms. The first-order valence-corrected chi connectivity index (χ1v) is 6.13. The summed E-state index contributed by atoms with van der Waals surface area (Å²) in [5.41, 5.74) is 0.843. The molecule has 0 aliphatic carbocycles. The number of rotatable bonds is 7. The van der Waals surface area contributed by atoms with Crippen molar-refractivity contribution in [3.63, 3.8) is 0 Å². The summed E-state index contributed by atoms with van der Waals surface area (Å²) in [6.45, 7) is 0.496. The van der Waals surface area contributed by atoms with Crippen LogP contribution in [0.15, 0.2) is 18.2 Å². The molecule has 1 heterocycles. The fraction of sp³-hybridized carbons (Fsp3) is 0.385. The molecule has 7 nitrogen and oxygen atoms in total. The maximum absolute atomic E-state index is 11.0. The van der Waals surface area contributed by atoms with Crippen molar-refractivity contribution in [2.24, 2.45) is 0 Å². The van der Waals surface area contributed by atoms with Crippen LogP contribution in [-0.4, -0.2) is 35.0 Å². The molecule has 0 bridgehead atoms. The first-order valence-electron chi connectivity index (χ1n) is 6.13. The number of carbonyl (C=O) groups is 2. The quantitative estimate of drug-likeness (QED) is 0.679. The van der Waals surface area contributed by atoms with E-state index in [-0.39, 0.29) is 19.6 Å². The second-order valence-electron chi connectivity index (χ2n) is 4.39. The molecular weight excluding hydrogens is 266 g/mol. The molecule has 0 radical (unpaired) electrons. The van der Waals surface area contributed by atoms with Crippen LogP contribution in [0.1, 0.15) is 18.4 Å². The van der Waals surface area contributed by atoms with E-state index in [4.69, 9.17) is 19.7 Å². The van der Waals surface area contributed by atoms with Crippen LogP contribution < -0.4 is 14.8 Å². The number of hydrogen-bond donors (Lipinski definition) is 3. The highest BCUT2D eigenvalue weighted by Crippen LogP contribution is 2.32. The molecule has 2 rings (SSSR count). The van der Waals surface area contributed by atoms with Gasteiger partial charge in [-0.3, -0.25) is 9.59 Å². The zero-order valence-electron chi connectivity index (χ0n) is 10.7. The standard InChI is InChI=1S/C13H15NO6/c15-12(16)4-2-9(13(17)18)14-6-8-1-3-10-11(5-8)20-7-19-10/h1,3,5,9,14H,2,4,6-7H2,(H,15,16)(H,17,18). The smallest absolute Gasteiger partial charge is 0.320 e. The summed E-state index contributed by atoms with van der Waals surface area (Å²) in [4.78, 5) is 21.5. The van der Waals surface area contributed by atoms with Crippen molar-refractivity contribution in [1.82, 2.24) is 5.32 Å². The molecule has 0 aromatic heterocycles. The maximum atomic E-state index is 11.0. The minimum Gasteiger partial charge on any atom is -0.481 e. The molecule has 1 aliphatic rings. The predicted octanol–water partition coefficient (Wildman–Crippen LogP) is 0.823. The molecule has 1 unspecified atom stereocenters. The molecular formula is C13H15NO6. The van der Waals surface area contributed by atoms with Crippen molar-refractivity contribution in [3.8, 4) is 11.5 Å². The average molecular weight is 281 g/mol. The molecule has 108 valence electrons. The van der Waals surface area contributed by atoms with E-state index in [2.05, 4.69) is 5.32 Å². The van der Waals surface area contributed by atoms with Crippen molar-refractivity contribution in [1.29, 1.82) is 0 Å². The van der Waals surface area contributed by atoms with E-state index in [1.54, 1.807) is 18.2 Å². The summed E-state index contributed by atoms with van der Waals surface area (Å²) in [7, 11) is 0. The lowest BCUT2D eigenvalue weighted by Gasteiger charge is -2.13. The Hall–Kier alpha value is -2.28. The molecule has 1 aromatic rings. The topological polar surface area (TPSA) is 105 Å². The summed E-state index contributed by atoms with van der Waals surface area (Å²) in [6, 6.07) is 4.44. The summed E-state index contributed by atoms with van der Waals surface area (Å²) in [5.74, 6) is -0.788. The third-order valence-electron chi connectivity index (χ3n) is 2.93. The fourth-order valence-corrected chi connectivity index (χ4v) is 1.87. The van der Waals surface area contributed by atoms with E-state index in [0.717, 1.165) is 5.56 Å². The summed E-state index contributed by atoms with van der Waals surface area (Å²) < 4.78 is 10.4. The molecule has 1 aromatic carbocycles. The van der Waals surface area contributed by atoms with Crippen LogP contribution in [0.2, 0.25) is 0 Å². The highest BCUT2D eigenvalue weighted by molar-refractivity contribution is 5.75. The first kappa shape index (κ1) is 14.1. The normalized spacial score (nSPS) is 14.0. The number of benzene rings is 1. The van der Waals surface area contributed by atoms with Gasteiger partial charge in [-0.2, -0.15) is 0 Å². The zero-order valence-corrected chi connectivity index (χ0v) is 10.7. The van der Waals surface area contributed by atoms with Gasteiger partial charge in [0.1, 0.15) is 6.04 Å². The highest BCUT2D eigenvalue weighted by atomic mass is 16.7. The van der Waals surface area contributed by atoms with E-state index >= 15 is 0 Å². The van der Waals surface area contributed by atoms with Gasteiger partial charge in [-0.25, -0.2) is 0 Å². The minimum absolute atomic E-state index is 0.0369. The van der Waals surface area contributed by atoms with Gasteiger partial charge in [0.2, 0.25) is 6.79 Å². The largest absolute Gasteiger partial charge is 0.481 e. The van der Waals surface area contributed by atoms with Gasteiger partial charge < -0.3 is 25.0 Å². The number of carboxylic acid groups (broad SMARTS) is 2. The monoisotopic (exact) mass is 281 g/mol. The molecule has 0 saturated carbocycles. The number of fused-ring (bicyclic) bond motifs is 1. The number of hydrogen-bond acceptors (Lipinski definition) is 5. The zero-order chi connectivity index (χ0) is 14.5. The minimum atomic E-state index is -1.06. The summed E-state index contributed by atoms with van der Waals surface area (Å²) in [5, 5.41) is 20.4. The van der Waals surface area contributed by atoms with Gasteiger partial charge in [0.05, 0.1) is 0 Å². The maximum Gasteiger partial charge on any atom is 0.320 e. The lowest BCUT2D eigenvalue weighted by molar-refractivity contribution is -0.140. The molecule has 20 heavy (non-hydrogen) atoms. The van der Waals surface area contributed by atoms with Crippen molar-refractivity contribution in [2.75, 3.05) is 6.79 Å². The van der Waals surface area contributed by atoms with E-state index < -0.39 is 18.0 Å². The fourth-order valence-electron chi connectivity index (χ4n) is 1.87. The summed E-state index contributed by atoms with van der Waals surface area (Å²) >= 11 is 0. The van der Waals surface area contributed by atoms with Gasteiger partial charge in [-0.15, -0.1) is 0 Å². The lowest BCUT2D eigenvalue weighted by Crippen LogP contribution is -2.36. The van der Waals surface area contributed by atoms with Crippen LogP contribution in [0.5, 0.6) is 11.5 Å². The van der Waals surface area contributed by atoms with E-state index in [9.17, 15) is 9.59 Å². The van der Waals surface area contributed by atoms with Crippen LogP contribution >= 0.6 is 0 Å². The molecule has 0 fully saturated rings. The van der Waals surface area contributed by atoms with Crippen LogP contribution in [0.4, 0.5) is 0 Å². The van der Waals surface area contributed by atoms with E-state index in [1.165, 1.54) is 0 Å². The molecule has 3 N–H and O–H groups in total. The van der Waals surface area contributed by atoms with Gasteiger partial charge in [-0.05, 0) is 24.1 Å². The van der Waals surface area contributed by atoms with Crippen molar-refractivity contribution in [3.05, 3.63) is 23.8 Å². The Labute approximate surface area is 115 Å². The Morgan fingerprint density at radius 2 is 2.00 bits per heavy atom. The SMILES string of the molecule is O=C(O)CCC(NCc1ccc2c(c1)OCO2)C(=O)O. The molecule has 1 atom stereocenters. The number of ether oxygens (including phenoxy) is 2.